The van der Waals surface area contributed by atoms with Gasteiger partial charge in [-0.05, 0) is 36.2 Å². The standard InChI is InChI=1S/C23H24FN3O2/c24-20-9-7-18(8-10-20)16-26-11-4-12-27(14-13-26)22(28)15-21-17-29-23(25-21)19-5-2-1-3-6-19/h1-3,5-10,17H,4,11-16H2. The zero-order valence-electron chi connectivity index (χ0n) is 16.3. The van der Waals surface area contributed by atoms with E-state index in [1.807, 2.05) is 47.4 Å². The van der Waals surface area contributed by atoms with Gasteiger partial charge >= 0.3 is 0 Å². The maximum Gasteiger partial charge on any atom is 0.228 e. The molecule has 3 aromatic rings. The average Bonchev–Trinajstić information content (AvgIpc) is 3.08. The third-order valence-corrected chi connectivity index (χ3v) is 5.17. The van der Waals surface area contributed by atoms with Crippen LogP contribution in [0.5, 0.6) is 0 Å². The van der Waals surface area contributed by atoms with Crippen LogP contribution in [-0.4, -0.2) is 46.9 Å². The van der Waals surface area contributed by atoms with E-state index in [1.54, 1.807) is 6.26 Å². The van der Waals surface area contributed by atoms with Crippen LogP contribution in [0, 0.1) is 5.82 Å². The second-order valence-corrected chi connectivity index (χ2v) is 7.32. The van der Waals surface area contributed by atoms with E-state index in [2.05, 4.69) is 9.88 Å². The molecule has 0 N–H and O–H groups in total. The minimum absolute atomic E-state index is 0.0709. The van der Waals surface area contributed by atoms with Crippen molar-refractivity contribution in [2.24, 2.45) is 0 Å². The fourth-order valence-corrected chi connectivity index (χ4v) is 3.59. The Hall–Kier alpha value is -2.99. The molecule has 1 aliphatic heterocycles. The number of carbonyl (C=O) groups excluding carboxylic acids is 1. The van der Waals surface area contributed by atoms with E-state index in [0.29, 0.717) is 18.1 Å². The van der Waals surface area contributed by atoms with Crippen LogP contribution < -0.4 is 0 Å². The molecular weight excluding hydrogens is 369 g/mol. The average molecular weight is 393 g/mol. The van der Waals surface area contributed by atoms with Crippen LogP contribution in [0.1, 0.15) is 17.7 Å². The van der Waals surface area contributed by atoms with Crippen LogP contribution in [0.15, 0.2) is 65.3 Å². The van der Waals surface area contributed by atoms with Crippen molar-refractivity contribution in [1.82, 2.24) is 14.8 Å². The third kappa shape index (κ3) is 5.09. The Bertz CT molecular complexity index is 940. The van der Waals surface area contributed by atoms with Crippen LogP contribution >= 0.6 is 0 Å². The van der Waals surface area contributed by atoms with Gasteiger partial charge in [0.2, 0.25) is 11.8 Å². The van der Waals surface area contributed by atoms with Gasteiger partial charge in [-0.3, -0.25) is 9.69 Å². The Morgan fingerprint density at radius 2 is 1.79 bits per heavy atom. The molecule has 1 amide bonds. The van der Waals surface area contributed by atoms with Gasteiger partial charge in [0.05, 0.1) is 12.1 Å². The molecule has 29 heavy (non-hydrogen) atoms. The molecule has 0 saturated carbocycles. The summed E-state index contributed by atoms with van der Waals surface area (Å²) >= 11 is 0. The summed E-state index contributed by atoms with van der Waals surface area (Å²) < 4.78 is 18.6. The van der Waals surface area contributed by atoms with Gasteiger partial charge in [-0.25, -0.2) is 9.37 Å². The lowest BCUT2D eigenvalue weighted by Crippen LogP contribution is -2.36. The van der Waals surface area contributed by atoms with Crippen LogP contribution in [0.3, 0.4) is 0 Å². The van der Waals surface area contributed by atoms with E-state index < -0.39 is 0 Å². The predicted octanol–water partition coefficient (Wildman–Crippen LogP) is 3.76. The molecule has 0 unspecified atom stereocenters. The van der Waals surface area contributed by atoms with Gasteiger partial charge in [-0.2, -0.15) is 0 Å². The molecule has 4 rings (SSSR count). The summed E-state index contributed by atoms with van der Waals surface area (Å²) in [5.74, 6) is 0.390. The molecule has 1 aliphatic rings. The summed E-state index contributed by atoms with van der Waals surface area (Å²) in [6, 6.07) is 16.3. The molecule has 1 aromatic heterocycles. The second kappa shape index (κ2) is 9.01. The van der Waals surface area contributed by atoms with Gasteiger partial charge in [-0.15, -0.1) is 0 Å². The zero-order chi connectivity index (χ0) is 20.1. The molecule has 2 aromatic carbocycles. The highest BCUT2D eigenvalue weighted by Gasteiger charge is 2.20. The first-order chi connectivity index (χ1) is 14.2. The maximum atomic E-state index is 13.1. The Morgan fingerprint density at radius 3 is 2.59 bits per heavy atom. The first-order valence-electron chi connectivity index (χ1n) is 9.92. The number of halogens is 1. The Morgan fingerprint density at radius 1 is 1.00 bits per heavy atom. The first kappa shape index (κ1) is 19.3. The van der Waals surface area contributed by atoms with E-state index in [9.17, 15) is 9.18 Å². The van der Waals surface area contributed by atoms with Gasteiger partial charge in [0, 0.05) is 38.3 Å². The van der Waals surface area contributed by atoms with Gasteiger partial charge in [0.1, 0.15) is 12.1 Å². The van der Waals surface area contributed by atoms with Gasteiger partial charge < -0.3 is 9.32 Å². The molecule has 0 spiro atoms. The number of carbonyl (C=O) groups is 1. The minimum Gasteiger partial charge on any atom is -0.444 e. The summed E-state index contributed by atoms with van der Waals surface area (Å²) in [6.07, 6.45) is 2.73. The van der Waals surface area contributed by atoms with Crippen molar-refractivity contribution >= 4 is 5.91 Å². The van der Waals surface area contributed by atoms with Gasteiger partial charge in [0.25, 0.3) is 0 Å². The number of benzene rings is 2. The molecular formula is C23H24FN3O2. The van der Waals surface area contributed by atoms with E-state index in [-0.39, 0.29) is 18.1 Å². The van der Waals surface area contributed by atoms with Crippen LogP contribution in [0.4, 0.5) is 4.39 Å². The summed E-state index contributed by atoms with van der Waals surface area (Å²) in [4.78, 5) is 21.4. The molecule has 0 atom stereocenters. The Labute approximate surface area is 169 Å². The summed E-state index contributed by atoms with van der Waals surface area (Å²) in [5, 5.41) is 0. The van der Waals surface area contributed by atoms with E-state index in [4.69, 9.17) is 4.42 Å². The van der Waals surface area contributed by atoms with Gasteiger partial charge in [-0.1, -0.05) is 30.3 Å². The number of aromatic nitrogens is 1. The number of rotatable bonds is 5. The molecule has 1 fully saturated rings. The number of hydrogen-bond donors (Lipinski definition) is 0. The van der Waals surface area contributed by atoms with Gasteiger partial charge in [0.15, 0.2) is 0 Å². The number of nitrogens with zero attached hydrogens (tertiary/aromatic N) is 3. The molecule has 0 bridgehead atoms. The quantitative estimate of drug-likeness (QED) is 0.662. The second-order valence-electron chi connectivity index (χ2n) is 7.32. The van der Waals surface area contributed by atoms with Crippen molar-refractivity contribution in [2.45, 2.75) is 19.4 Å². The summed E-state index contributed by atoms with van der Waals surface area (Å²) in [7, 11) is 0. The van der Waals surface area contributed by atoms with Crippen molar-refractivity contribution in [3.8, 4) is 11.5 Å². The lowest BCUT2D eigenvalue weighted by atomic mass is 10.2. The van der Waals surface area contributed by atoms with E-state index >= 15 is 0 Å². The molecule has 2 heterocycles. The molecule has 150 valence electrons. The SMILES string of the molecule is O=C(Cc1coc(-c2ccccc2)n1)N1CCCN(Cc2ccc(F)cc2)CC1. The third-order valence-electron chi connectivity index (χ3n) is 5.17. The minimum atomic E-state index is -0.218. The molecule has 0 radical (unpaired) electrons. The highest BCUT2D eigenvalue weighted by atomic mass is 19.1. The van der Waals surface area contributed by atoms with Crippen LogP contribution in [0.2, 0.25) is 0 Å². The smallest absolute Gasteiger partial charge is 0.228 e. The number of oxazole rings is 1. The summed E-state index contributed by atoms with van der Waals surface area (Å²) in [5.41, 5.74) is 2.64. The monoisotopic (exact) mass is 393 g/mol. The lowest BCUT2D eigenvalue weighted by molar-refractivity contribution is -0.130. The normalized spacial score (nSPS) is 15.3. The molecule has 6 heteroatoms. The Kier molecular flexibility index (Phi) is 6.00. The van der Waals surface area contributed by atoms with E-state index in [1.165, 1.54) is 12.1 Å². The topological polar surface area (TPSA) is 49.6 Å². The van der Waals surface area contributed by atoms with Crippen molar-refractivity contribution in [3.05, 3.63) is 77.9 Å². The van der Waals surface area contributed by atoms with Crippen molar-refractivity contribution in [2.75, 3.05) is 26.2 Å². The Balaban J connectivity index is 1.31. The fourth-order valence-electron chi connectivity index (χ4n) is 3.59. The zero-order valence-corrected chi connectivity index (χ0v) is 16.3. The predicted molar refractivity (Wildman–Crippen MR) is 109 cm³/mol. The fraction of sp³-hybridized carbons (Fsp3) is 0.304. The largest absolute Gasteiger partial charge is 0.444 e. The molecule has 0 aliphatic carbocycles. The van der Waals surface area contributed by atoms with Crippen LogP contribution in [0.25, 0.3) is 11.5 Å². The lowest BCUT2D eigenvalue weighted by Gasteiger charge is -2.22. The van der Waals surface area contributed by atoms with Crippen LogP contribution in [-0.2, 0) is 17.8 Å². The van der Waals surface area contributed by atoms with Crippen molar-refractivity contribution < 1.29 is 13.6 Å². The van der Waals surface area contributed by atoms with Crippen molar-refractivity contribution in [3.63, 3.8) is 0 Å². The molecule has 5 nitrogen and oxygen atoms in total. The maximum absolute atomic E-state index is 13.1. The van der Waals surface area contributed by atoms with Crippen molar-refractivity contribution in [1.29, 1.82) is 0 Å². The first-order valence-corrected chi connectivity index (χ1v) is 9.92. The number of hydrogen-bond acceptors (Lipinski definition) is 4. The van der Waals surface area contributed by atoms with E-state index in [0.717, 1.165) is 43.7 Å². The number of amides is 1. The highest BCUT2D eigenvalue weighted by Crippen LogP contribution is 2.19. The summed E-state index contributed by atoms with van der Waals surface area (Å²) in [6.45, 7) is 3.91. The highest BCUT2D eigenvalue weighted by molar-refractivity contribution is 5.78. The molecule has 1 saturated heterocycles.